The number of hydrogen-bond acceptors (Lipinski definition) is 4. The summed E-state index contributed by atoms with van der Waals surface area (Å²) in [7, 11) is 0. The second-order valence-corrected chi connectivity index (χ2v) is 5.27. The van der Waals surface area contributed by atoms with Crippen LogP contribution in [0, 0.1) is 24.4 Å². The van der Waals surface area contributed by atoms with E-state index in [1.807, 2.05) is 31.2 Å². The van der Waals surface area contributed by atoms with Crippen molar-refractivity contribution in [1.29, 1.82) is 0 Å². The molecule has 0 unspecified atom stereocenters. The lowest BCUT2D eigenvalue weighted by atomic mass is 10.1. The summed E-state index contributed by atoms with van der Waals surface area (Å²) in [5.41, 5.74) is 1.17. The van der Waals surface area contributed by atoms with Crippen molar-refractivity contribution >= 4 is 5.91 Å². The quantitative estimate of drug-likeness (QED) is 0.735. The van der Waals surface area contributed by atoms with Gasteiger partial charge in [0.25, 0.3) is 5.91 Å². The molecule has 0 spiro atoms. The molecule has 0 aliphatic rings. The number of aryl methyl sites for hydroxylation is 1. The number of aromatic nitrogens is 2. The van der Waals surface area contributed by atoms with Crippen LogP contribution in [0.4, 0.5) is 13.2 Å². The standard InChI is InChI=1S/C17H12F3N3O2/c1-9-2-4-10(5-3-9)17-23-22-13(25-17)8-21-16(24)11-6-7-12(18)15(20)14(11)19/h2-7H,8H2,1H3,(H,21,24). The molecule has 1 N–H and O–H groups in total. The first-order chi connectivity index (χ1) is 12.0. The van der Waals surface area contributed by atoms with Crippen molar-refractivity contribution in [2.45, 2.75) is 13.5 Å². The second kappa shape index (κ2) is 6.76. The number of nitrogens with one attached hydrogen (secondary N) is 1. The highest BCUT2D eigenvalue weighted by molar-refractivity contribution is 5.94. The van der Waals surface area contributed by atoms with Crippen LogP contribution in [0.1, 0.15) is 21.8 Å². The van der Waals surface area contributed by atoms with Crippen molar-refractivity contribution in [3.05, 3.63) is 70.9 Å². The van der Waals surface area contributed by atoms with Gasteiger partial charge in [0.1, 0.15) is 0 Å². The number of amides is 1. The summed E-state index contributed by atoms with van der Waals surface area (Å²) in [5.74, 6) is -5.19. The predicted molar refractivity (Wildman–Crippen MR) is 82.0 cm³/mol. The number of carbonyl (C=O) groups excluding carboxylic acids is 1. The molecule has 0 radical (unpaired) electrons. The molecule has 0 saturated carbocycles. The fourth-order valence-corrected chi connectivity index (χ4v) is 2.09. The summed E-state index contributed by atoms with van der Waals surface area (Å²) >= 11 is 0. The average molecular weight is 347 g/mol. The molecule has 0 aliphatic heterocycles. The number of halogens is 3. The summed E-state index contributed by atoms with van der Waals surface area (Å²) in [6.07, 6.45) is 0. The molecule has 0 aliphatic carbocycles. The first-order valence-corrected chi connectivity index (χ1v) is 7.27. The zero-order valence-corrected chi connectivity index (χ0v) is 13.0. The maximum absolute atomic E-state index is 13.6. The van der Waals surface area contributed by atoms with Crippen molar-refractivity contribution < 1.29 is 22.4 Å². The molecular formula is C17H12F3N3O2. The van der Waals surface area contributed by atoms with Crippen molar-refractivity contribution in [3.63, 3.8) is 0 Å². The van der Waals surface area contributed by atoms with Crippen LogP contribution in [0.5, 0.6) is 0 Å². The first kappa shape index (κ1) is 16.7. The lowest BCUT2D eigenvalue weighted by Gasteiger charge is -2.05. The Kier molecular flexibility index (Phi) is 4.51. The van der Waals surface area contributed by atoms with Crippen LogP contribution in [0.25, 0.3) is 11.5 Å². The summed E-state index contributed by atoms with van der Waals surface area (Å²) < 4.78 is 45.0. The number of carbonyl (C=O) groups is 1. The van der Waals surface area contributed by atoms with Gasteiger partial charge in [0.05, 0.1) is 12.1 Å². The zero-order chi connectivity index (χ0) is 18.0. The average Bonchev–Trinajstić information content (AvgIpc) is 3.07. The normalized spacial score (nSPS) is 10.7. The van der Waals surface area contributed by atoms with Crippen LogP contribution in [0.3, 0.4) is 0 Å². The third-order valence-electron chi connectivity index (χ3n) is 3.45. The molecule has 1 amide bonds. The molecule has 0 saturated heterocycles. The van der Waals surface area contributed by atoms with Crippen LogP contribution >= 0.6 is 0 Å². The first-order valence-electron chi connectivity index (χ1n) is 7.27. The highest BCUT2D eigenvalue weighted by Crippen LogP contribution is 2.18. The van der Waals surface area contributed by atoms with Crippen LogP contribution in [-0.2, 0) is 6.54 Å². The highest BCUT2D eigenvalue weighted by Gasteiger charge is 2.19. The monoisotopic (exact) mass is 347 g/mol. The largest absolute Gasteiger partial charge is 0.419 e. The van der Waals surface area contributed by atoms with Crippen LogP contribution < -0.4 is 5.32 Å². The van der Waals surface area contributed by atoms with Gasteiger partial charge in [-0.25, -0.2) is 13.2 Å². The molecule has 1 aromatic heterocycles. The van der Waals surface area contributed by atoms with E-state index in [1.165, 1.54) is 0 Å². The van der Waals surface area contributed by atoms with Gasteiger partial charge in [-0.3, -0.25) is 4.79 Å². The fraction of sp³-hybridized carbons (Fsp3) is 0.118. The van der Waals surface area contributed by atoms with Crippen LogP contribution in [-0.4, -0.2) is 16.1 Å². The molecule has 128 valence electrons. The van der Waals surface area contributed by atoms with E-state index in [0.717, 1.165) is 11.6 Å². The van der Waals surface area contributed by atoms with E-state index < -0.39 is 28.9 Å². The Morgan fingerprint density at radius 2 is 1.76 bits per heavy atom. The lowest BCUT2D eigenvalue weighted by Crippen LogP contribution is -2.24. The smallest absolute Gasteiger partial charge is 0.254 e. The van der Waals surface area contributed by atoms with E-state index >= 15 is 0 Å². The molecule has 0 fully saturated rings. The van der Waals surface area contributed by atoms with Gasteiger partial charge in [-0.1, -0.05) is 17.7 Å². The van der Waals surface area contributed by atoms with Crippen LogP contribution in [0.15, 0.2) is 40.8 Å². The van der Waals surface area contributed by atoms with Gasteiger partial charge < -0.3 is 9.73 Å². The number of benzene rings is 2. The minimum absolute atomic E-state index is 0.0897. The molecule has 2 aromatic carbocycles. The Balaban J connectivity index is 1.69. The van der Waals surface area contributed by atoms with E-state index in [0.29, 0.717) is 11.6 Å². The summed E-state index contributed by atoms with van der Waals surface area (Å²) in [5, 5.41) is 9.95. The Bertz CT molecular complexity index is 923. The van der Waals surface area contributed by atoms with Crippen molar-refractivity contribution in [3.8, 4) is 11.5 Å². The predicted octanol–water partition coefficient (Wildman–Crippen LogP) is 3.39. The van der Waals surface area contributed by atoms with Gasteiger partial charge in [-0.2, -0.15) is 0 Å². The zero-order valence-electron chi connectivity index (χ0n) is 13.0. The number of hydrogen-bond donors (Lipinski definition) is 1. The minimum atomic E-state index is -1.70. The molecule has 25 heavy (non-hydrogen) atoms. The Morgan fingerprint density at radius 1 is 1.04 bits per heavy atom. The van der Waals surface area contributed by atoms with Crippen molar-refractivity contribution in [2.24, 2.45) is 0 Å². The van der Waals surface area contributed by atoms with Crippen LogP contribution in [0.2, 0.25) is 0 Å². The van der Waals surface area contributed by atoms with E-state index in [1.54, 1.807) is 0 Å². The Morgan fingerprint density at radius 3 is 2.48 bits per heavy atom. The van der Waals surface area contributed by atoms with E-state index in [9.17, 15) is 18.0 Å². The topological polar surface area (TPSA) is 68.0 Å². The molecule has 3 aromatic rings. The molecule has 3 rings (SSSR count). The van der Waals surface area contributed by atoms with Gasteiger partial charge in [0, 0.05) is 5.56 Å². The maximum atomic E-state index is 13.6. The van der Waals surface area contributed by atoms with Gasteiger partial charge in [0.2, 0.25) is 11.8 Å². The molecule has 1 heterocycles. The van der Waals surface area contributed by atoms with Gasteiger partial charge in [-0.05, 0) is 31.2 Å². The number of nitrogens with zero attached hydrogens (tertiary/aromatic N) is 2. The number of rotatable bonds is 4. The maximum Gasteiger partial charge on any atom is 0.254 e. The second-order valence-electron chi connectivity index (χ2n) is 5.27. The Hall–Kier alpha value is -3.16. The molecule has 5 nitrogen and oxygen atoms in total. The highest BCUT2D eigenvalue weighted by atomic mass is 19.2. The minimum Gasteiger partial charge on any atom is -0.419 e. The molecule has 8 heteroatoms. The summed E-state index contributed by atoms with van der Waals surface area (Å²) in [6.45, 7) is 1.76. The van der Waals surface area contributed by atoms with Crippen molar-refractivity contribution in [1.82, 2.24) is 15.5 Å². The van der Waals surface area contributed by atoms with Gasteiger partial charge in [0.15, 0.2) is 17.5 Å². The Labute approximate surface area is 140 Å². The molecular weight excluding hydrogens is 335 g/mol. The fourth-order valence-electron chi connectivity index (χ4n) is 2.09. The molecule has 0 bridgehead atoms. The summed E-state index contributed by atoms with van der Waals surface area (Å²) in [6, 6.07) is 8.91. The van der Waals surface area contributed by atoms with E-state index in [-0.39, 0.29) is 18.3 Å². The third-order valence-corrected chi connectivity index (χ3v) is 3.45. The SMILES string of the molecule is Cc1ccc(-c2nnc(CNC(=O)c3ccc(F)c(F)c3F)o2)cc1. The lowest BCUT2D eigenvalue weighted by molar-refractivity contribution is 0.0942. The third kappa shape index (κ3) is 3.52. The summed E-state index contributed by atoms with van der Waals surface area (Å²) in [4.78, 5) is 11.9. The molecule has 0 atom stereocenters. The van der Waals surface area contributed by atoms with E-state index in [4.69, 9.17) is 4.42 Å². The van der Waals surface area contributed by atoms with Crippen molar-refractivity contribution in [2.75, 3.05) is 0 Å². The van der Waals surface area contributed by atoms with Gasteiger partial charge in [-0.15, -0.1) is 10.2 Å². The van der Waals surface area contributed by atoms with Gasteiger partial charge >= 0.3 is 0 Å². The van der Waals surface area contributed by atoms with E-state index in [2.05, 4.69) is 15.5 Å².